The molecule has 1 aliphatic heterocycles. The van der Waals surface area contributed by atoms with Crippen molar-refractivity contribution in [3.8, 4) is 0 Å². The van der Waals surface area contributed by atoms with Gasteiger partial charge < -0.3 is 10.6 Å². The zero-order valence-corrected chi connectivity index (χ0v) is 12.5. The van der Waals surface area contributed by atoms with Crippen LogP contribution in [0.4, 0.5) is 0 Å². The smallest absolute Gasteiger partial charge is 0.211 e. The van der Waals surface area contributed by atoms with E-state index in [0.717, 1.165) is 31.5 Å². The largest absolute Gasteiger partial charge is 0.327 e. The highest BCUT2D eigenvalue weighted by atomic mass is 32.2. The minimum absolute atomic E-state index is 0.381. The van der Waals surface area contributed by atoms with Crippen molar-refractivity contribution < 1.29 is 8.42 Å². The number of hydrogen-bond acceptors (Lipinski definition) is 4. The Bertz CT molecular complexity index is 429. The van der Waals surface area contributed by atoms with E-state index in [0.29, 0.717) is 25.0 Å². The Morgan fingerprint density at radius 1 is 1.11 bits per heavy atom. The molecular weight excluding hydrogens is 262 g/mol. The summed E-state index contributed by atoms with van der Waals surface area (Å²) < 4.78 is 24.5. The Kier molecular flexibility index (Phi) is 3.62. The lowest BCUT2D eigenvalue weighted by Gasteiger charge is -2.37. The predicted molar refractivity (Wildman–Crippen MR) is 75.2 cm³/mol. The van der Waals surface area contributed by atoms with Gasteiger partial charge in [-0.25, -0.2) is 8.42 Å². The average Bonchev–Trinajstić information content (AvgIpc) is 2.93. The molecule has 2 bridgehead atoms. The fourth-order valence-corrected chi connectivity index (χ4v) is 5.09. The molecule has 0 aromatic rings. The van der Waals surface area contributed by atoms with Crippen LogP contribution in [-0.4, -0.2) is 62.6 Å². The van der Waals surface area contributed by atoms with Crippen molar-refractivity contribution >= 4 is 10.0 Å². The number of rotatable bonds is 3. The molecule has 6 heteroatoms. The molecule has 3 fully saturated rings. The summed E-state index contributed by atoms with van der Waals surface area (Å²) in [5, 5.41) is 0. The molecule has 2 saturated carbocycles. The van der Waals surface area contributed by atoms with Crippen LogP contribution in [0.15, 0.2) is 0 Å². The lowest BCUT2D eigenvalue weighted by molar-refractivity contribution is 0.134. The van der Waals surface area contributed by atoms with E-state index in [1.165, 1.54) is 25.5 Å². The predicted octanol–water partition coefficient (Wildman–Crippen LogP) is -0.0630. The van der Waals surface area contributed by atoms with Crippen LogP contribution >= 0.6 is 0 Å². The van der Waals surface area contributed by atoms with E-state index >= 15 is 0 Å². The molecule has 0 spiro atoms. The van der Waals surface area contributed by atoms with Gasteiger partial charge >= 0.3 is 0 Å². The van der Waals surface area contributed by atoms with E-state index in [-0.39, 0.29) is 0 Å². The van der Waals surface area contributed by atoms with Gasteiger partial charge in [0.1, 0.15) is 0 Å². The molecule has 0 aromatic heterocycles. The molecule has 19 heavy (non-hydrogen) atoms. The number of fused-ring (bicyclic) bond motifs is 2. The third-order valence-corrected chi connectivity index (χ3v) is 6.73. The first-order valence-electron chi connectivity index (χ1n) is 7.38. The van der Waals surface area contributed by atoms with Crippen LogP contribution in [0, 0.1) is 17.8 Å². The van der Waals surface area contributed by atoms with Crippen LogP contribution in [-0.2, 0) is 10.0 Å². The molecule has 2 aliphatic carbocycles. The summed E-state index contributed by atoms with van der Waals surface area (Å²) >= 11 is 0. The monoisotopic (exact) mass is 287 g/mol. The van der Waals surface area contributed by atoms with Gasteiger partial charge in [-0.2, -0.15) is 4.31 Å². The van der Waals surface area contributed by atoms with Crippen LogP contribution in [0.2, 0.25) is 0 Å². The van der Waals surface area contributed by atoms with E-state index < -0.39 is 10.0 Å². The first kappa shape index (κ1) is 13.8. The molecule has 3 rings (SSSR count). The van der Waals surface area contributed by atoms with Gasteiger partial charge in [-0.1, -0.05) is 0 Å². The van der Waals surface area contributed by atoms with Gasteiger partial charge in [0, 0.05) is 38.8 Å². The summed E-state index contributed by atoms with van der Waals surface area (Å²) in [7, 11) is -3.01. The van der Waals surface area contributed by atoms with Crippen LogP contribution in [0.5, 0.6) is 0 Å². The van der Waals surface area contributed by atoms with Gasteiger partial charge in [-0.3, -0.25) is 0 Å². The summed E-state index contributed by atoms with van der Waals surface area (Å²) in [6.45, 7) is 4.05. The van der Waals surface area contributed by atoms with Crippen LogP contribution in [0.25, 0.3) is 0 Å². The number of sulfonamides is 1. The quantitative estimate of drug-likeness (QED) is 0.789. The van der Waals surface area contributed by atoms with Crippen molar-refractivity contribution in [2.24, 2.45) is 23.5 Å². The zero-order chi connectivity index (χ0) is 13.6. The topological polar surface area (TPSA) is 66.6 Å². The van der Waals surface area contributed by atoms with Gasteiger partial charge in [0.05, 0.1) is 6.26 Å². The fourth-order valence-electron chi connectivity index (χ4n) is 4.27. The molecular formula is C13H25N3O2S. The first-order chi connectivity index (χ1) is 8.95. The third-order valence-electron chi connectivity index (χ3n) is 5.43. The highest BCUT2D eigenvalue weighted by Gasteiger charge is 2.46. The van der Waals surface area contributed by atoms with Crippen molar-refractivity contribution in [2.45, 2.75) is 25.3 Å². The highest BCUT2D eigenvalue weighted by Crippen LogP contribution is 2.47. The Morgan fingerprint density at radius 3 is 2.26 bits per heavy atom. The highest BCUT2D eigenvalue weighted by molar-refractivity contribution is 7.88. The maximum absolute atomic E-state index is 11.5. The Balaban J connectivity index is 1.53. The van der Waals surface area contributed by atoms with Gasteiger partial charge in [-0.15, -0.1) is 0 Å². The maximum atomic E-state index is 11.5. The minimum Gasteiger partial charge on any atom is -0.327 e. The van der Waals surface area contributed by atoms with Crippen molar-refractivity contribution in [1.82, 2.24) is 9.21 Å². The number of nitrogens with two attached hydrogens (primary N) is 1. The van der Waals surface area contributed by atoms with Crippen LogP contribution in [0.1, 0.15) is 19.3 Å². The summed E-state index contributed by atoms with van der Waals surface area (Å²) in [5.74, 6) is 2.23. The zero-order valence-electron chi connectivity index (χ0n) is 11.7. The third kappa shape index (κ3) is 2.68. The molecule has 1 heterocycles. The van der Waals surface area contributed by atoms with E-state index in [2.05, 4.69) is 4.90 Å². The van der Waals surface area contributed by atoms with Gasteiger partial charge in [0.2, 0.25) is 10.0 Å². The van der Waals surface area contributed by atoms with E-state index in [4.69, 9.17) is 5.73 Å². The second kappa shape index (κ2) is 4.98. The average molecular weight is 287 g/mol. The summed E-state index contributed by atoms with van der Waals surface area (Å²) in [5.41, 5.74) is 6.34. The Labute approximate surface area is 116 Å². The van der Waals surface area contributed by atoms with Crippen molar-refractivity contribution in [1.29, 1.82) is 0 Å². The summed E-state index contributed by atoms with van der Waals surface area (Å²) in [4.78, 5) is 2.41. The minimum atomic E-state index is -3.01. The molecule has 5 nitrogen and oxygen atoms in total. The van der Waals surface area contributed by atoms with Crippen LogP contribution < -0.4 is 5.73 Å². The van der Waals surface area contributed by atoms with E-state index in [1.54, 1.807) is 4.31 Å². The molecule has 3 aliphatic rings. The second-order valence-corrected chi connectivity index (χ2v) is 8.52. The maximum Gasteiger partial charge on any atom is 0.211 e. The van der Waals surface area contributed by atoms with Crippen molar-refractivity contribution in [3.63, 3.8) is 0 Å². The number of nitrogens with zero attached hydrogens (tertiary/aromatic N) is 2. The SMILES string of the molecule is CS(=O)(=O)N1CCN(CC2C3CCC(C3)C2N)CC1. The molecule has 0 amide bonds. The number of hydrogen-bond donors (Lipinski definition) is 1. The Morgan fingerprint density at radius 2 is 1.74 bits per heavy atom. The summed E-state index contributed by atoms with van der Waals surface area (Å²) in [6, 6.07) is 0.381. The number of piperazine rings is 1. The first-order valence-corrected chi connectivity index (χ1v) is 9.23. The molecule has 2 N–H and O–H groups in total. The fraction of sp³-hybridized carbons (Fsp3) is 1.00. The standard InChI is InChI=1S/C13H25N3O2S/c1-19(17,18)16-6-4-15(5-7-16)9-12-10-2-3-11(8-10)13(12)14/h10-13H,2-9,14H2,1H3. The molecule has 110 valence electrons. The lowest BCUT2D eigenvalue weighted by atomic mass is 9.84. The van der Waals surface area contributed by atoms with E-state index in [1.807, 2.05) is 0 Å². The van der Waals surface area contributed by atoms with Crippen molar-refractivity contribution in [3.05, 3.63) is 0 Å². The Hall–Kier alpha value is -0.170. The summed E-state index contributed by atoms with van der Waals surface area (Å²) in [6.07, 6.45) is 5.31. The van der Waals surface area contributed by atoms with Crippen molar-refractivity contribution in [2.75, 3.05) is 39.0 Å². The van der Waals surface area contributed by atoms with Gasteiger partial charge in [0.25, 0.3) is 0 Å². The van der Waals surface area contributed by atoms with Crippen LogP contribution in [0.3, 0.4) is 0 Å². The molecule has 4 atom stereocenters. The van der Waals surface area contributed by atoms with E-state index in [9.17, 15) is 8.42 Å². The van der Waals surface area contributed by atoms with Gasteiger partial charge in [0.15, 0.2) is 0 Å². The second-order valence-electron chi connectivity index (χ2n) is 6.54. The molecule has 0 radical (unpaired) electrons. The lowest BCUT2D eigenvalue weighted by Crippen LogP contribution is -2.51. The normalized spacial score (nSPS) is 40.9. The molecule has 1 saturated heterocycles. The molecule has 0 aromatic carbocycles. The van der Waals surface area contributed by atoms with Gasteiger partial charge in [-0.05, 0) is 37.0 Å². The molecule has 4 unspecified atom stereocenters.